The maximum absolute atomic E-state index is 14.9. The van der Waals surface area contributed by atoms with Gasteiger partial charge in [0, 0.05) is 11.6 Å². The van der Waals surface area contributed by atoms with Gasteiger partial charge in [-0.3, -0.25) is 10.7 Å². The van der Waals surface area contributed by atoms with Crippen LogP contribution in [0.15, 0.2) is 28.2 Å². The average molecular weight is 266 g/mol. The molecular weight excluding hydrogens is 251 g/mol. The summed E-state index contributed by atoms with van der Waals surface area (Å²) in [4.78, 5) is 7.49. The van der Waals surface area contributed by atoms with E-state index in [1.807, 2.05) is 0 Å². The van der Waals surface area contributed by atoms with Crippen LogP contribution in [0.1, 0.15) is 5.56 Å². The van der Waals surface area contributed by atoms with Crippen molar-refractivity contribution in [3.8, 4) is 11.5 Å². The van der Waals surface area contributed by atoms with Crippen molar-refractivity contribution < 1.29 is 13.9 Å². The van der Waals surface area contributed by atoms with Crippen LogP contribution in [0.25, 0.3) is 0 Å². The lowest BCUT2D eigenvalue weighted by atomic mass is 9.94. The number of nitrogens with two attached hydrogens (primary N) is 2. The molecule has 0 aliphatic carbocycles. The summed E-state index contributed by atoms with van der Waals surface area (Å²) in [5.41, 5.74) is 9.21. The molecule has 1 aromatic rings. The number of aliphatic imine (C=N–C) groups is 2. The lowest BCUT2D eigenvalue weighted by molar-refractivity contribution is 0.348. The van der Waals surface area contributed by atoms with Crippen molar-refractivity contribution in [1.82, 2.24) is 0 Å². The molecule has 2 atom stereocenters. The Morgan fingerprint density at radius 3 is 2.26 bits per heavy atom. The fourth-order valence-corrected chi connectivity index (χ4v) is 1.75. The zero-order valence-electron chi connectivity index (χ0n) is 10.6. The zero-order valence-corrected chi connectivity index (χ0v) is 10.6. The van der Waals surface area contributed by atoms with Gasteiger partial charge in [0.05, 0.1) is 20.4 Å². The van der Waals surface area contributed by atoms with E-state index in [4.69, 9.17) is 20.9 Å². The first-order valence-electron chi connectivity index (χ1n) is 5.55. The molecule has 0 saturated heterocycles. The van der Waals surface area contributed by atoms with Gasteiger partial charge in [0.1, 0.15) is 17.3 Å². The molecule has 1 heterocycles. The quantitative estimate of drug-likeness (QED) is 0.835. The minimum Gasteiger partial charge on any atom is -0.497 e. The summed E-state index contributed by atoms with van der Waals surface area (Å²) in [6, 6.07) is 4.65. The first kappa shape index (κ1) is 13.3. The van der Waals surface area contributed by atoms with Crippen LogP contribution in [-0.4, -0.2) is 32.6 Å². The predicted octanol–water partition coefficient (Wildman–Crippen LogP) is 0.552. The Labute approximate surface area is 109 Å². The second kappa shape index (κ2) is 4.85. The van der Waals surface area contributed by atoms with Gasteiger partial charge < -0.3 is 15.2 Å². The van der Waals surface area contributed by atoms with Crippen LogP contribution in [0.5, 0.6) is 11.5 Å². The van der Waals surface area contributed by atoms with Gasteiger partial charge in [-0.2, -0.15) is 0 Å². The maximum atomic E-state index is 14.9. The van der Waals surface area contributed by atoms with E-state index in [0.29, 0.717) is 11.5 Å². The molecular formula is C12H15FN4O2. The van der Waals surface area contributed by atoms with Gasteiger partial charge in [-0.05, 0) is 12.1 Å². The third-order valence-electron chi connectivity index (χ3n) is 2.82. The molecule has 4 N–H and O–H groups in total. The number of hydrogen-bond donors (Lipinski definition) is 2. The Morgan fingerprint density at radius 1 is 1.21 bits per heavy atom. The summed E-state index contributed by atoms with van der Waals surface area (Å²) in [6.07, 6.45) is 0.185. The number of nitrogens with zero attached hydrogens (tertiary/aromatic N) is 2. The molecule has 0 bridgehead atoms. The van der Waals surface area contributed by atoms with E-state index in [2.05, 4.69) is 9.98 Å². The Hall–Kier alpha value is -2.15. The van der Waals surface area contributed by atoms with E-state index < -0.39 is 12.0 Å². The van der Waals surface area contributed by atoms with Crippen LogP contribution in [0, 0.1) is 0 Å². The SMILES string of the molecule is COc1cc(OC)cc(C2(F)C=NC(N)N=C2N)c1. The smallest absolute Gasteiger partial charge is 0.227 e. The minimum absolute atomic E-state index is 0.223. The Kier molecular flexibility index (Phi) is 3.39. The molecule has 0 fully saturated rings. The van der Waals surface area contributed by atoms with E-state index in [1.54, 1.807) is 6.07 Å². The normalized spacial score (nSPS) is 25.9. The summed E-state index contributed by atoms with van der Waals surface area (Å²) >= 11 is 0. The van der Waals surface area contributed by atoms with E-state index in [1.165, 1.54) is 26.4 Å². The summed E-state index contributed by atoms with van der Waals surface area (Å²) in [5, 5.41) is 0. The highest BCUT2D eigenvalue weighted by Crippen LogP contribution is 2.33. The number of halogens is 1. The van der Waals surface area contributed by atoms with E-state index >= 15 is 0 Å². The zero-order chi connectivity index (χ0) is 14.0. The first-order chi connectivity index (χ1) is 8.99. The van der Waals surface area contributed by atoms with Gasteiger partial charge >= 0.3 is 0 Å². The van der Waals surface area contributed by atoms with Crippen molar-refractivity contribution in [3.63, 3.8) is 0 Å². The summed E-state index contributed by atoms with van der Waals surface area (Å²) in [7, 11) is 2.96. The summed E-state index contributed by atoms with van der Waals surface area (Å²) < 4.78 is 25.1. The molecule has 7 heteroatoms. The van der Waals surface area contributed by atoms with Crippen molar-refractivity contribution in [3.05, 3.63) is 23.8 Å². The standard InChI is InChI=1S/C12H15FN4O2/c1-18-8-3-7(4-9(5-8)19-2)12(13)6-16-11(15)17-10(12)14/h3-6,11H,15H2,1-2H3,(H2,14,17). The molecule has 0 aromatic heterocycles. The molecule has 1 aromatic carbocycles. The van der Waals surface area contributed by atoms with Gasteiger partial charge in [-0.1, -0.05) is 0 Å². The lowest BCUT2D eigenvalue weighted by Crippen LogP contribution is -2.44. The van der Waals surface area contributed by atoms with Gasteiger partial charge in [-0.25, -0.2) is 9.38 Å². The Balaban J connectivity index is 2.51. The summed E-state index contributed by atoms with van der Waals surface area (Å²) in [5.74, 6) is 0.648. The number of rotatable bonds is 3. The van der Waals surface area contributed by atoms with Crippen LogP contribution in [-0.2, 0) is 5.67 Å². The fraction of sp³-hybridized carbons (Fsp3) is 0.333. The Morgan fingerprint density at radius 2 is 1.79 bits per heavy atom. The number of alkyl halides is 1. The molecule has 102 valence electrons. The number of methoxy groups -OCH3 is 2. The summed E-state index contributed by atoms with van der Waals surface area (Å²) in [6.45, 7) is 0. The van der Waals surface area contributed by atoms with Crippen LogP contribution in [0.3, 0.4) is 0 Å². The van der Waals surface area contributed by atoms with Crippen molar-refractivity contribution in [2.45, 2.75) is 12.0 Å². The van der Waals surface area contributed by atoms with Gasteiger partial charge in [-0.15, -0.1) is 0 Å². The molecule has 0 spiro atoms. The molecule has 1 aliphatic rings. The van der Waals surface area contributed by atoms with Gasteiger partial charge in [0.15, 0.2) is 6.29 Å². The second-order valence-electron chi connectivity index (χ2n) is 4.02. The molecule has 2 unspecified atom stereocenters. The number of ether oxygens (including phenoxy) is 2. The highest BCUT2D eigenvalue weighted by Gasteiger charge is 2.38. The maximum Gasteiger partial charge on any atom is 0.227 e. The number of benzene rings is 1. The molecule has 2 rings (SSSR count). The van der Waals surface area contributed by atoms with Crippen molar-refractivity contribution >= 4 is 12.1 Å². The van der Waals surface area contributed by atoms with Crippen LogP contribution in [0.2, 0.25) is 0 Å². The van der Waals surface area contributed by atoms with Crippen LogP contribution < -0.4 is 20.9 Å². The van der Waals surface area contributed by atoms with Crippen molar-refractivity contribution in [2.75, 3.05) is 14.2 Å². The van der Waals surface area contributed by atoms with Crippen LogP contribution in [0.4, 0.5) is 4.39 Å². The monoisotopic (exact) mass is 266 g/mol. The van der Waals surface area contributed by atoms with Gasteiger partial charge in [0.2, 0.25) is 5.67 Å². The third kappa shape index (κ3) is 2.37. The highest BCUT2D eigenvalue weighted by atomic mass is 19.1. The van der Waals surface area contributed by atoms with Crippen LogP contribution >= 0.6 is 0 Å². The minimum atomic E-state index is -2.11. The topological polar surface area (TPSA) is 95.2 Å². The van der Waals surface area contributed by atoms with E-state index in [-0.39, 0.29) is 11.4 Å². The highest BCUT2D eigenvalue weighted by molar-refractivity contribution is 6.06. The number of amidine groups is 1. The second-order valence-corrected chi connectivity index (χ2v) is 4.02. The molecule has 0 saturated carbocycles. The van der Waals surface area contributed by atoms with Crippen molar-refractivity contribution in [2.24, 2.45) is 21.5 Å². The predicted molar refractivity (Wildman–Crippen MR) is 70.4 cm³/mol. The first-order valence-corrected chi connectivity index (χ1v) is 5.55. The van der Waals surface area contributed by atoms with Crippen molar-refractivity contribution in [1.29, 1.82) is 0 Å². The average Bonchev–Trinajstić information content (AvgIpc) is 2.42. The Bertz CT molecular complexity index is 524. The molecule has 0 radical (unpaired) electrons. The van der Waals surface area contributed by atoms with E-state index in [0.717, 1.165) is 6.21 Å². The van der Waals surface area contributed by atoms with Gasteiger partial charge in [0.25, 0.3) is 0 Å². The van der Waals surface area contributed by atoms with E-state index in [9.17, 15) is 4.39 Å². The molecule has 19 heavy (non-hydrogen) atoms. The third-order valence-corrected chi connectivity index (χ3v) is 2.82. The molecule has 1 aliphatic heterocycles. The largest absolute Gasteiger partial charge is 0.497 e. The number of hydrogen-bond acceptors (Lipinski definition) is 6. The molecule has 0 amide bonds. The molecule has 6 nitrogen and oxygen atoms in total. The lowest BCUT2D eigenvalue weighted by Gasteiger charge is -2.25. The fourth-order valence-electron chi connectivity index (χ4n) is 1.75.